The lowest BCUT2D eigenvalue weighted by Crippen LogP contribution is -2.59. The first-order valence-corrected chi connectivity index (χ1v) is 13.6. The van der Waals surface area contributed by atoms with E-state index in [1.807, 2.05) is 0 Å². The van der Waals surface area contributed by atoms with Gasteiger partial charge in [-0.1, -0.05) is 19.4 Å². The number of aliphatic hydroxyl groups excluding tert-OH is 1. The second-order valence-electron chi connectivity index (χ2n) is 13.1. The Labute approximate surface area is 201 Å². The number of allylic oxidation sites excluding steroid dienone is 1. The monoisotopic (exact) mass is 460 g/mol. The topological polar surface area (TPSA) is 66.8 Å². The number of hydrogen-bond acceptors (Lipinski definition) is 4. The summed E-state index contributed by atoms with van der Waals surface area (Å²) < 4.78 is 5.97. The third kappa shape index (κ3) is 4.44. The van der Waals surface area contributed by atoms with E-state index >= 15 is 0 Å². The standard InChI is InChI=1S/C29H48O4/c1-18(2)8-7-13-29(6,32)26-10-9-22-21-17-25(33-19(3)30)24-16-20(31)11-14-27(24,4)23(21)12-15-28(22,26)5/h20-26,31-32H,1,7-17H2,2-6H3/t20-,21-,22-,23-,24+,25-,26-,27+,28-,29-/m0/s1. The lowest BCUT2D eigenvalue weighted by molar-refractivity contribution is -0.195. The maximum Gasteiger partial charge on any atom is 0.302 e. The maximum atomic E-state index is 12.0. The van der Waals surface area contributed by atoms with Crippen molar-refractivity contribution in [3.8, 4) is 0 Å². The number of rotatable bonds is 6. The number of hydrogen-bond donors (Lipinski definition) is 2. The van der Waals surface area contributed by atoms with Crippen molar-refractivity contribution < 1.29 is 19.7 Å². The van der Waals surface area contributed by atoms with Gasteiger partial charge >= 0.3 is 5.97 Å². The van der Waals surface area contributed by atoms with Crippen molar-refractivity contribution in [2.24, 2.45) is 40.4 Å². The van der Waals surface area contributed by atoms with E-state index in [-0.39, 0.29) is 34.9 Å². The molecule has 0 saturated heterocycles. The van der Waals surface area contributed by atoms with Gasteiger partial charge < -0.3 is 14.9 Å². The highest BCUT2D eigenvalue weighted by molar-refractivity contribution is 5.66. The molecule has 0 spiro atoms. The Morgan fingerprint density at radius 3 is 2.36 bits per heavy atom. The van der Waals surface area contributed by atoms with E-state index in [2.05, 4.69) is 34.3 Å². The summed E-state index contributed by atoms with van der Waals surface area (Å²) in [6.07, 6.45) is 10.7. The largest absolute Gasteiger partial charge is 0.462 e. The van der Waals surface area contributed by atoms with Gasteiger partial charge in [0, 0.05) is 12.8 Å². The molecule has 4 nitrogen and oxygen atoms in total. The van der Waals surface area contributed by atoms with Crippen molar-refractivity contribution in [1.82, 2.24) is 0 Å². The summed E-state index contributed by atoms with van der Waals surface area (Å²) in [5.41, 5.74) is 0.829. The van der Waals surface area contributed by atoms with Crippen LogP contribution >= 0.6 is 0 Å². The molecular formula is C29H48O4. The van der Waals surface area contributed by atoms with E-state index in [0.29, 0.717) is 23.7 Å². The third-order valence-corrected chi connectivity index (χ3v) is 11.0. The van der Waals surface area contributed by atoms with Gasteiger partial charge in [0.2, 0.25) is 0 Å². The third-order valence-electron chi connectivity index (χ3n) is 11.0. The number of carbonyl (C=O) groups excluding carboxylic acids is 1. The fraction of sp³-hybridized carbons (Fsp3) is 0.897. The summed E-state index contributed by atoms with van der Waals surface area (Å²) >= 11 is 0. The van der Waals surface area contributed by atoms with Gasteiger partial charge in [0.25, 0.3) is 0 Å². The minimum Gasteiger partial charge on any atom is -0.462 e. The number of carbonyl (C=O) groups is 1. The van der Waals surface area contributed by atoms with Crippen molar-refractivity contribution in [3.63, 3.8) is 0 Å². The van der Waals surface area contributed by atoms with Gasteiger partial charge in [-0.05, 0) is 119 Å². The SMILES string of the molecule is C=C(C)CCC[C@](C)(O)[C@H]1CC[C@H]2[C@@H]3C[C@H](OC(C)=O)[C@H]4C[C@@H](O)CC[C@]4(C)[C@H]3CC[C@@]21C. The van der Waals surface area contributed by atoms with Gasteiger partial charge in [-0.15, -0.1) is 6.58 Å². The highest BCUT2D eigenvalue weighted by Crippen LogP contribution is 2.69. The molecule has 4 saturated carbocycles. The molecule has 2 N–H and O–H groups in total. The molecule has 10 atom stereocenters. The normalized spacial score (nSPS) is 46.5. The van der Waals surface area contributed by atoms with Crippen LogP contribution in [0.4, 0.5) is 0 Å². The van der Waals surface area contributed by atoms with Crippen molar-refractivity contribution in [2.45, 2.75) is 123 Å². The molecule has 0 heterocycles. The van der Waals surface area contributed by atoms with Crippen LogP contribution in [0.15, 0.2) is 12.2 Å². The quantitative estimate of drug-likeness (QED) is 0.374. The van der Waals surface area contributed by atoms with E-state index in [4.69, 9.17) is 4.74 Å². The van der Waals surface area contributed by atoms with Crippen molar-refractivity contribution in [3.05, 3.63) is 12.2 Å². The highest BCUT2D eigenvalue weighted by Gasteiger charge is 2.64. The van der Waals surface area contributed by atoms with Crippen LogP contribution in [0.25, 0.3) is 0 Å². The molecule has 0 amide bonds. The van der Waals surface area contributed by atoms with Gasteiger partial charge in [-0.3, -0.25) is 4.79 Å². The highest BCUT2D eigenvalue weighted by atomic mass is 16.5. The molecule has 0 unspecified atom stereocenters. The lowest BCUT2D eigenvalue weighted by atomic mass is 9.43. The van der Waals surface area contributed by atoms with Crippen LogP contribution in [0.2, 0.25) is 0 Å². The van der Waals surface area contributed by atoms with E-state index in [0.717, 1.165) is 51.4 Å². The van der Waals surface area contributed by atoms with E-state index in [9.17, 15) is 15.0 Å². The van der Waals surface area contributed by atoms with Crippen LogP contribution in [0, 0.1) is 40.4 Å². The maximum absolute atomic E-state index is 12.0. The molecule has 33 heavy (non-hydrogen) atoms. The molecule has 4 aliphatic carbocycles. The van der Waals surface area contributed by atoms with Crippen LogP contribution < -0.4 is 0 Å². The molecule has 0 aliphatic heterocycles. The fourth-order valence-corrected chi connectivity index (χ4v) is 9.53. The van der Waals surface area contributed by atoms with Crippen LogP contribution in [0.3, 0.4) is 0 Å². The van der Waals surface area contributed by atoms with E-state index in [1.54, 1.807) is 0 Å². The minimum absolute atomic E-state index is 0.0822. The zero-order valence-electron chi connectivity index (χ0n) is 21.7. The van der Waals surface area contributed by atoms with Gasteiger partial charge in [-0.25, -0.2) is 0 Å². The number of ether oxygens (including phenoxy) is 1. The van der Waals surface area contributed by atoms with Crippen LogP contribution in [-0.4, -0.2) is 34.0 Å². The first-order valence-electron chi connectivity index (χ1n) is 13.6. The molecule has 0 bridgehead atoms. The second kappa shape index (κ2) is 8.97. The Morgan fingerprint density at radius 2 is 1.70 bits per heavy atom. The van der Waals surface area contributed by atoms with Crippen LogP contribution in [-0.2, 0) is 9.53 Å². The minimum atomic E-state index is -0.642. The van der Waals surface area contributed by atoms with E-state index < -0.39 is 5.60 Å². The smallest absolute Gasteiger partial charge is 0.302 e. The summed E-state index contributed by atoms with van der Waals surface area (Å²) in [6.45, 7) is 14.6. The van der Waals surface area contributed by atoms with Crippen LogP contribution in [0.5, 0.6) is 0 Å². The first kappa shape index (κ1) is 25.2. The summed E-state index contributed by atoms with van der Waals surface area (Å²) in [4.78, 5) is 12.0. The van der Waals surface area contributed by atoms with Gasteiger partial charge in [-0.2, -0.15) is 0 Å². The van der Waals surface area contributed by atoms with Gasteiger partial charge in [0.1, 0.15) is 6.10 Å². The molecule has 4 rings (SSSR count). The number of aliphatic hydroxyl groups is 2. The Balaban J connectivity index is 1.58. The summed E-state index contributed by atoms with van der Waals surface area (Å²) in [5, 5.41) is 22.1. The second-order valence-corrected chi connectivity index (χ2v) is 13.1. The molecule has 4 aliphatic rings. The van der Waals surface area contributed by atoms with Crippen molar-refractivity contribution in [2.75, 3.05) is 0 Å². The molecule has 4 fully saturated rings. The zero-order chi connectivity index (χ0) is 24.2. The van der Waals surface area contributed by atoms with Crippen molar-refractivity contribution >= 4 is 5.97 Å². The molecule has 0 aromatic heterocycles. The summed E-state index contributed by atoms with van der Waals surface area (Å²) in [5.74, 6) is 2.15. The summed E-state index contributed by atoms with van der Waals surface area (Å²) in [7, 11) is 0. The lowest BCUT2D eigenvalue weighted by Gasteiger charge is -2.62. The summed E-state index contributed by atoms with van der Waals surface area (Å²) in [6, 6.07) is 0. The van der Waals surface area contributed by atoms with E-state index in [1.165, 1.54) is 31.8 Å². The molecule has 4 heteroatoms. The zero-order valence-corrected chi connectivity index (χ0v) is 21.7. The molecular weight excluding hydrogens is 412 g/mol. The Kier molecular flexibility index (Phi) is 6.86. The predicted molar refractivity (Wildman–Crippen MR) is 131 cm³/mol. The Bertz CT molecular complexity index is 759. The predicted octanol–water partition coefficient (Wildman–Crippen LogP) is 6.05. The molecule has 0 radical (unpaired) electrons. The number of fused-ring (bicyclic) bond motifs is 5. The first-order chi connectivity index (χ1) is 15.4. The fourth-order valence-electron chi connectivity index (χ4n) is 9.53. The van der Waals surface area contributed by atoms with Gasteiger partial charge in [0.15, 0.2) is 0 Å². The molecule has 0 aromatic rings. The molecule has 0 aromatic carbocycles. The molecule has 188 valence electrons. The van der Waals surface area contributed by atoms with Gasteiger partial charge in [0.05, 0.1) is 11.7 Å². The van der Waals surface area contributed by atoms with Crippen LogP contribution in [0.1, 0.15) is 105 Å². The average molecular weight is 461 g/mol. The van der Waals surface area contributed by atoms with Crippen molar-refractivity contribution in [1.29, 1.82) is 0 Å². The Morgan fingerprint density at radius 1 is 1.03 bits per heavy atom. The Hall–Kier alpha value is -0.870. The average Bonchev–Trinajstić information content (AvgIpc) is 3.07. The number of esters is 1.